The van der Waals surface area contributed by atoms with E-state index in [1.807, 2.05) is 47.4 Å². The van der Waals surface area contributed by atoms with Crippen LogP contribution in [0.5, 0.6) is 0 Å². The zero-order chi connectivity index (χ0) is 24.3. The number of hydrogen-bond acceptors (Lipinski definition) is 4. The van der Waals surface area contributed by atoms with Crippen molar-refractivity contribution in [3.63, 3.8) is 0 Å². The van der Waals surface area contributed by atoms with Crippen LogP contribution in [0.2, 0.25) is 0 Å². The third-order valence-electron chi connectivity index (χ3n) is 6.57. The molecule has 5 heteroatoms. The first-order valence-electron chi connectivity index (χ1n) is 12.0. The summed E-state index contributed by atoms with van der Waals surface area (Å²) in [5.74, 6) is -0.599. The molecule has 1 unspecified atom stereocenters. The van der Waals surface area contributed by atoms with Crippen molar-refractivity contribution in [3.8, 4) is 0 Å². The highest BCUT2D eigenvalue weighted by Gasteiger charge is 2.43. The number of piperazine rings is 1. The molecule has 1 amide bonds. The Morgan fingerprint density at radius 1 is 0.912 bits per heavy atom. The number of amides is 1. The zero-order valence-electron chi connectivity index (χ0n) is 20.6. The van der Waals surface area contributed by atoms with Gasteiger partial charge in [-0.25, -0.2) is 0 Å². The smallest absolute Gasteiger partial charge is 0.304 e. The first-order chi connectivity index (χ1) is 16.2. The van der Waals surface area contributed by atoms with Gasteiger partial charge in [-0.15, -0.1) is 0 Å². The Morgan fingerprint density at radius 3 is 2.15 bits per heavy atom. The fourth-order valence-electron chi connectivity index (χ4n) is 4.80. The van der Waals surface area contributed by atoms with E-state index >= 15 is 0 Å². The minimum Gasteiger partial charge on any atom is -0.444 e. The largest absolute Gasteiger partial charge is 0.444 e. The SMILES string of the molecule is CC(=O)OC1(C(=O)N2CCN(c3ccccc3C(C)(C)C)CC2)C=CC(c2ccccc2)=CC1. The van der Waals surface area contributed by atoms with Crippen molar-refractivity contribution >= 4 is 23.1 Å². The molecule has 1 saturated heterocycles. The van der Waals surface area contributed by atoms with Crippen molar-refractivity contribution in [2.45, 2.75) is 45.1 Å². The summed E-state index contributed by atoms with van der Waals surface area (Å²) in [4.78, 5) is 29.8. The lowest BCUT2D eigenvalue weighted by atomic mass is 9.85. The molecule has 1 aliphatic carbocycles. The highest BCUT2D eigenvalue weighted by atomic mass is 16.6. The van der Waals surface area contributed by atoms with E-state index in [0.29, 0.717) is 19.5 Å². The van der Waals surface area contributed by atoms with Crippen molar-refractivity contribution in [1.82, 2.24) is 4.90 Å². The molecule has 34 heavy (non-hydrogen) atoms. The number of allylic oxidation sites excluding steroid dienone is 2. The minimum absolute atomic E-state index is 0.0403. The average Bonchev–Trinajstić information content (AvgIpc) is 2.84. The van der Waals surface area contributed by atoms with Gasteiger partial charge in [0.1, 0.15) is 0 Å². The molecule has 0 saturated carbocycles. The molecular weight excluding hydrogens is 424 g/mol. The monoisotopic (exact) mass is 458 g/mol. The number of hydrogen-bond donors (Lipinski definition) is 0. The first-order valence-corrected chi connectivity index (χ1v) is 12.0. The normalized spacial score (nSPS) is 20.6. The second-order valence-corrected chi connectivity index (χ2v) is 10.1. The molecule has 1 atom stereocenters. The average molecular weight is 459 g/mol. The van der Waals surface area contributed by atoms with Crippen molar-refractivity contribution in [2.75, 3.05) is 31.1 Å². The summed E-state index contributed by atoms with van der Waals surface area (Å²) < 4.78 is 5.68. The molecule has 2 aromatic rings. The van der Waals surface area contributed by atoms with Crippen LogP contribution in [0, 0.1) is 0 Å². The van der Waals surface area contributed by atoms with Gasteiger partial charge in [-0.2, -0.15) is 0 Å². The van der Waals surface area contributed by atoms with E-state index in [0.717, 1.165) is 24.2 Å². The lowest BCUT2D eigenvalue weighted by molar-refractivity contribution is -0.167. The van der Waals surface area contributed by atoms with Crippen molar-refractivity contribution in [1.29, 1.82) is 0 Å². The van der Waals surface area contributed by atoms with E-state index in [2.05, 4.69) is 49.9 Å². The topological polar surface area (TPSA) is 49.9 Å². The van der Waals surface area contributed by atoms with Crippen molar-refractivity contribution in [2.24, 2.45) is 0 Å². The zero-order valence-corrected chi connectivity index (χ0v) is 20.6. The molecular formula is C29H34N2O3. The van der Waals surface area contributed by atoms with Crippen LogP contribution in [0.25, 0.3) is 5.57 Å². The molecule has 4 rings (SSSR count). The van der Waals surface area contributed by atoms with E-state index in [9.17, 15) is 9.59 Å². The van der Waals surface area contributed by atoms with Gasteiger partial charge in [0.15, 0.2) is 0 Å². The molecule has 0 spiro atoms. The first kappa shape index (κ1) is 23.8. The third-order valence-corrected chi connectivity index (χ3v) is 6.57. The van der Waals surface area contributed by atoms with Crippen LogP contribution in [-0.2, 0) is 19.7 Å². The Bertz CT molecular complexity index is 1110. The van der Waals surface area contributed by atoms with E-state index in [4.69, 9.17) is 4.74 Å². The standard InChI is InChI=1S/C29H34N2O3/c1-22(32)34-29(16-14-24(15-17-29)23-10-6-5-7-11-23)27(33)31-20-18-30(19-21-31)26-13-9-8-12-25(26)28(2,3)4/h5-16H,17-21H2,1-4H3. The van der Waals surface area contributed by atoms with Gasteiger partial charge in [-0.3, -0.25) is 9.59 Å². The van der Waals surface area contributed by atoms with Gasteiger partial charge in [-0.1, -0.05) is 81.5 Å². The molecule has 0 N–H and O–H groups in total. The fourth-order valence-corrected chi connectivity index (χ4v) is 4.80. The predicted molar refractivity (Wildman–Crippen MR) is 137 cm³/mol. The molecule has 1 fully saturated rings. The Kier molecular flexibility index (Phi) is 6.65. The highest BCUT2D eigenvalue weighted by Crippen LogP contribution is 2.34. The Morgan fingerprint density at radius 2 is 1.56 bits per heavy atom. The van der Waals surface area contributed by atoms with Crippen LogP contribution in [0.4, 0.5) is 5.69 Å². The van der Waals surface area contributed by atoms with E-state index < -0.39 is 11.6 Å². The van der Waals surface area contributed by atoms with Crippen LogP contribution in [-0.4, -0.2) is 48.6 Å². The second kappa shape index (κ2) is 9.49. The van der Waals surface area contributed by atoms with Gasteiger partial charge in [0.05, 0.1) is 0 Å². The Balaban J connectivity index is 1.50. The Labute approximate surface area is 202 Å². The van der Waals surface area contributed by atoms with Crippen molar-refractivity contribution < 1.29 is 14.3 Å². The number of esters is 1. The lowest BCUT2D eigenvalue weighted by Crippen LogP contribution is -2.57. The number of anilines is 1. The maximum atomic E-state index is 13.7. The maximum Gasteiger partial charge on any atom is 0.304 e. The van der Waals surface area contributed by atoms with Gasteiger partial charge in [0, 0.05) is 45.2 Å². The summed E-state index contributed by atoms with van der Waals surface area (Å²) >= 11 is 0. The van der Waals surface area contributed by atoms with E-state index in [-0.39, 0.29) is 11.3 Å². The number of carbonyl (C=O) groups is 2. The van der Waals surface area contributed by atoms with Gasteiger partial charge in [0.2, 0.25) is 5.60 Å². The van der Waals surface area contributed by atoms with Crippen LogP contribution < -0.4 is 4.90 Å². The molecule has 2 aromatic carbocycles. The van der Waals surface area contributed by atoms with Crippen LogP contribution >= 0.6 is 0 Å². The highest BCUT2D eigenvalue weighted by molar-refractivity contribution is 5.92. The molecule has 0 bridgehead atoms. The van der Waals surface area contributed by atoms with Gasteiger partial charge in [0.25, 0.3) is 5.91 Å². The summed E-state index contributed by atoms with van der Waals surface area (Å²) in [6, 6.07) is 18.5. The molecule has 0 aromatic heterocycles. The van der Waals surface area contributed by atoms with Crippen LogP contribution in [0.3, 0.4) is 0 Å². The van der Waals surface area contributed by atoms with Gasteiger partial charge in [-0.05, 0) is 34.3 Å². The molecule has 1 heterocycles. The summed E-state index contributed by atoms with van der Waals surface area (Å²) in [5.41, 5.74) is 3.40. The number of rotatable bonds is 4. The van der Waals surface area contributed by atoms with Crippen LogP contribution in [0.1, 0.15) is 45.2 Å². The molecule has 0 radical (unpaired) electrons. The molecule has 2 aliphatic rings. The quantitative estimate of drug-likeness (QED) is 0.607. The number of nitrogens with zero attached hydrogens (tertiary/aromatic N) is 2. The number of para-hydroxylation sites is 1. The minimum atomic E-state index is -1.28. The van der Waals surface area contributed by atoms with Gasteiger partial charge >= 0.3 is 5.97 Å². The fraction of sp³-hybridized carbons (Fsp3) is 0.379. The van der Waals surface area contributed by atoms with Crippen LogP contribution in [0.15, 0.2) is 72.8 Å². The maximum absolute atomic E-state index is 13.7. The van der Waals surface area contributed by atoms with Crippen molar-refractivity contribution in [3.05, 3.63) is 84.0 Å². The van der Waals surface area contributed by atoms with E-state index in [1.54, 1.807) is 6.08 Å². The van der Waals surface area contributed by atoms with Gasteiger partial charge < -0.3 is 14.5 Å². The number of carbonyl (C=O) groups excluding carboxylic acids is 2. The number of benzene rings is 2. The third kappa shape index (κ3) is 4.93. The summed E-state index contributed by atoms with van der Waals surface area (Å²) in [6.07, 6.45) is 5.99. The lowest BCUT2D eigenvalue weighted by Gasteiger charge is -2.41. The Hall–Kier alpha value is -3.34. The second-order valence-electron chi connectivity index (χ2n) is 10.1. The summed E-state index contributed by atoms with van der Waals surface area (Å²) in [5, 5.41) is 0. The number of ether oxygens (including phenoxy) is 1. The molecule has 1 aliphatic heterocycles. The summed E-state index contributed by atoms with van der Waals surface area (Å²) in [7, 11) is 0. The summed E-state index contributed by atoms with van der Waals surface area (Å²) in [6.45, 7) is 10.7. The predicted octanol–water partition coefficient (Wildman–Crippen LogP) is 4.98. The molecule has 178 valence electrons. The van der Waals surface area contributed by atoms with E-state index in [1.165, 1.54) is 18.2 Å². The molecule has 5 nitrogen and oxygen atoms in total.